The molecule has 24 heavy (non-hydrogen) atoms. The molecule has 1 aliphatic heterocycles. The number of piperidine rings is 1. The molecule has 1 aromatic carbocycles. The lowest BCUT2D eigenvalue weighted by atomic mass is 9.93. The minimum absolute atomic E-state index is 0.0288. The molecule has 134 valence electrons. The maximum atomic E-state index is 12.2. The lowest BCUT2D eigenvalue weighted by Gasteiger charge is -2.33. The molecule has 0 bridgehead atoms. The van der Waals surface area contributed by atoms with Crippen LogP contribution in [0.1, 0.15) is 38.7 Å². The molecular weight excluding hydrogens is 304 g/mol. The number of hydrogen-bond donors (Lipinski definition) is 2. The molecule has 1 aliphatic rings. The van der Waals surface area contributed by atoms with Gasteiger partial charge in [-0.3, -0.25) is 9.69 Å². The van der Waals surface area contributed by atoms with Gasteiger partial charge in [0.05, 0.1) is 19.3 Å². The molecule has 5 nitrogen and oxygen atoms in total. The molecule has 0 radical (unpaired) electrons. The third-order valence-corrected chi connectivity index (χ3v) is 4.45. The van der Waals surface area contributed by atoms with Gasteiger partial charge in [-0.2, -0.15) is 0 Å². The number of ether oxygens (including phenoxy) is 1. The molecule has 2 unspecified atom stereocenters. The van der Waals surface area contributed by atoms with Gasteiger partial charge in [-0.15, -0.1) is 0 Å². The average molecular weight is 334 g/mol. The van der Waals surface area contributed by atoms with Gasteiger partial charge in [-0.25, -0.2) is 0 Å². The van der Waals surface area contributed by atoms with E-state index in [2.05, 4.69) is 17.1 Å². The SMILES string of the molecule is CCCOc1cccc(CNC(=O)CN2CCCC(C(C)O)C2)c1. The molecule has 2 rings (SSSR count). The largest absolute Gasteiger partial charge is 0.494 e. The van der Waals surface area contributed by atoms with Crippen molar-refractivity contribution >= 4 is 5.91 Å². The maximum Gasteiger partial charge on any atom is 0.234 e. The molecule has 1 heterocycles. The van der Waals surface area contributed by atoms with Gasteiger partial charge in [0.2, 0.25) is 5.91 Å². The van der Waals surface area contributed by atoms with Crippen LogP contribution in [0.5, 0.6) is 5.75 Å². The van der Waals surface area contributed by atoms with Crippen molar-refractivity contribution in [2.45, 2.75) is 45.8 Å². The molecule has 1 amide bonds. The van der Waals surface area contributed by atoms with E-state index in [0.29, 0.717) is 19.7 Å². The number of rotatable bonds is 8. The van der Waals surface area contributed by atoms with E-state index < -0.39 is 0 Å². The van der Waals surface area contributed by atoms with Crippen LogP contribution in [-0.4, -0.2) is 48.3 Å². The fourth-order valence-corrected chi connectivity index (χ4v) is 3.05. The number of likely N-dealkylation sites (tertiary alicyclic amines) is 1. The lowest BCUT2D eigenvalue weighted by molar-refractivity contribution is -0.123. The van der Waals surface area contributed by atoms with Crippen LogP contribution in [0.4, 0.5) is 0 Å². The van der Waals surface area contributed by atoms with E-state index in [1.54, 1.807) is 0 Å². The second-order valence-corrected chi connectivity index (χ2v) is 6.65. The van der Waals surface area contributed by atoms with Gasteiger partial charge in [0.1, 0.15) is 5.75 Å². The third-order valence-electron chi connectivity index (χ3n) is 4.45. The van der Waals surface area contributed by atoms with Crippen LogP contribution < -0.4 is 10.1 Å². The Kier molecular flexibility index (Phi) is 7.53. The van der Waals surface area contributed by atoms with Crippen molar-refractivity contribution in [3.8, 4) is 5.75 Å². The summed E-state index contributed by atoms with van der Waals surface area (Å²) in [6, 6.07) is 7.85. The Bertz CT molecular complexity index is 519. The zero-order valence-corrected chi connectivity index (χ0v) is 14.8. The first kappa shape index (κ1) is 18.7. The smallest absolute Gasteiger partial charge is 0.234 e. The summed E-state index contributed by atoms with van der Waals surface area (Å²) >= 11 is 0. The molecule has 2 atom stereocenters. The first-order chi connectivity index (χ1) is 11.6. The highest BCUT2D eigenvalue weighted by molar-refractivity contribution is 5.78. The predicted octanol–water partition coefficient (Wildman–Crippen LogP) is 2.18. The summed E-state index contributed by atoms with van der Waals surface area (Å²) in [5, 5.41) is 12.7. The molecule has 0 aromatic heterocycles. The number of aliphatic hydroxyl groups is 1. The number of carbonyl (C=O) groups is 1. The van der Waals surface area contributed by atoms with Gasteiger partial charge in [0, 0.05) is 13.1 Å². The number of amides is 1. The molecule has 2 N–H and O–H groups in total. The summed E-state index contributed by atoms with van der Waals surface area (Å²) in [4.78, 5) is 14.3. The fraction of sp³-hybridized carbons (Fsp3) is 0.632. The summed E-state index contributed by atoms with van der Waals surface area (Å²) in [5.74, 6) is 1.15. The third kappa shape index (κ3) is 6.13. The Balaban J connectivity index is 1.76. The van der Waals surface area contributed by atoms with Crippen LogP contribution in [0.2, 0.25) is 0 Å². The molecule has 0 spiro atoms. The number of nitrogens with zero attached hydrogens (tertiary/aromatic N) is 1. The van der Waals surface area contributed by atoms with E-state index in [0.717, 1.165) is 43.7 Å². The van der Waals surface area contributed by atoms with Crippen molar-refractivity contribution in [2.75, 3.05) is 26.2 Å². The molecule has 1 saturated heterocycles. The van der Waals surface area contributed by atoms with Gasteiger partial charge >= 0.3 is 0 Å². The Morgan fingerprint density at radius 2 is 2.33 bits per heavy atom. The van der Waals surface area contributed by atoms with Gasteiger partial charge in [-0.1, -0.05) is 19.1 Å². The molecule has 5 heteroatoms. The minimum Gasteiger partial charge on any atom is -0.494 e. The van der Waals surface area contributed by atoms with E-state index in [4.69, 9.17) is 4.74 Å². The van der Waals surface area contributed by atoms with Crippen LogP contribution in [0.15, 0.2) is 24.3 Å². The van der Waals surface area contributed by atoms with Crippen LogP contribution in [0.3, 0.4) is 0 Å². The maximum absolute atomic E-state index is 12.2. The van der Waals surface area contributed by atoms with E-state index in [-0.39, 0.29) is 17.9 Å². The van der Waals surface area contributed by atoms with E-state index >= 15 is 0 Å². The molecule has 1 aromatic rings. The van der Waals surface area contributed by atoms with Crippen molar-refractivity contribution in [1.82, 2.24) is 10.2 Å². The first-order valence-electron chi connectivity index (χ1n) is 8.97. The van der Waals surface area contributed by atoms with Gasteiger partial charge in [0.25, 0.3) is 0 Å². The summed E-state index contributed by atoms with van der Waals surface area (Å²) in [7, 11) is 0. The number of aliphatic hydroxyl groups excluding tert-OH is 1. The monoisotopic (exact) mass is 334 g/mol. The number of hydrogen-bond acceptors (Lipinski definition) is 4. The van der Waals surface area contributed by atoms with E-state index in [9.17, 15) is 9.90 Å². The zero-order chi connectivity index (χ0) is 17.4. The van der Waals surface area contributed by atoms with Crippen molar-refractivity contribution in [3.05, 3.63) is 29.8 Å². The van der Waals surface area contributed by atoms with Crippen LogP contribution in [0, 0.1) is 5.92 Å². The highest BCUT2D eigenvalue weighted by Crippen LogP contribution is 2.19. The highest BCUT2D eigenvalue weighted by Gasteiger charge is 2.24. The fourth-order valence-electron chi connectivity index (χ4n) is 3.05. The number of nitrogens with one attached hydrogen (secondary N) is 1. The van der Waals surface area contributed by atoms with Gasteiger partial charge < -0.3 is 15.2 Å². The van der Waals surface area contributed by atoms with E-state index in [1.807, 2.05) is 31.2 Å². The average Bonchev–Trinajstić information content (AvgIpc) is 2.59. The van der Waals surface area contributed by atoms with E-state index in [1.165, 1.54) is 0 Å². The zero-order valence-electron chi connectivity index (χ0n) is 14.8. The van der Waals surface area contributed by atoms with Gasteiger partial charge in [0.15, 0.2) is 0 Å². The normalized spacial score (nSPS) is 19.7. The molecule has 0 aliphatic carbocycles. The molecule has 0 saturated carbocycles. The lowest BCUT2D eigenvalue weighted by Crippen LogP contribution is -2.44. The Morgan fingerprint density at radius 1 is 1.50 bits per heavy atom. The number of benzene rings is 1. The summed E-state index contributed by atoms with van der Waals surface area (Å²) in [5.41, 5.74) is 1.04. The summed E-state index contributed by atoms with van der Waals surface area (Å²) in [6.45, 7) is 7.25. The second kappa shape index (κ2) is 9.64. The van der Waals surface area contributed by atoms with Crippen molar-refractivity contribution < 1.29 is 14.6 Å². The van der Waals surface area contributed by atoms with Crippen molar-refractivity contribution in [2.24, 2.45) is 5.92 Å². The van der Waals surface area contributed by atoms with Crippen LogP contribution >= 0.6 is 0 Å². The first-order valence-corrected chi connectivity index (χ1v) is 8.97. The second-order valence-electron chi connectivity index (χ2n) is 6.65. The molecular formula is C19H30N2O3. The molecule has 1 fully saturated rings. The summed E-state index contributed by atoms with van der Waals surface area (Å²) < 4.78 is 5.61. The van der Waals surface area contributed by atoms with Gasteiger partial charge in [-0.05, 0) is 56.3 Å². The Hall–Kier alpha value is -1.59. The minimum atomic E-state index is -0.304. The standard InChI is InChI=1S/C19H30N2O3/c1-3-10-24-18-8-4-6-16(11-18)12-20-19(23)14-21-9-5-7-17(13-21)15(2)22/h4,6,8,11,15,17,22H,3,5,7,9-10,12-14H2,1-2H3,(H,20,23). The number of carbonyl (C=O) groups excluding carboxylic acids is 1. The Labute approximate surface area is 145 Å². The highest BCUT2D eigenvalue weighted by atomic mass is 16.5. The van der Waals surface area contributed by atoms with Crippen molar-refractivity contribution in [1.29, 1.82) is 0 Å². The van der Waals surface area contributed by atoms with Crippen molar-refractivity contribution in [3.63, 3.8) is 0 Å². The topological polar surface area (TPSA) is 61.8 Å². The van der Waals surface area contributed by atoms with Crippen LogP contribution in [-0.2, 0) is 11.3 Å². The predicted molar refractivity (Wildman–Crippen MR) is 94.9 cm³/mol. The van der Waals surface area contributed by atoms with Crippen LogP contribution in [0.25, 0.3) is 0 Å². The quantitative estimate of drug-likeness (QED) is 0.765. The summed E-state index contributed by atoms with van der Waals surface area (Å²) in [6.07, 6.45) is 2.76. The Morgan fingerprint density at radius 3 is 3.08 bits per heavy atom.